The van der Waals surface area contributed by atoms with Crippen LogP contribution in [0.5, 0.6) is 5.75 Å². The molecule has 1 aromatic heterocycles. The molecule has 1 N–H and O–H groups in total. The predicted octanol–water partition coefficient (Wildman–Crippen LogP) is 1.51. The second-order valence-corrected chi connectivity index (χ2v) is 7.78. The van der Waals surface area contributed by atoms with E-state index in [4.69, 9.17) is 9.15 Å². The molecule has 0 atom stereocenters. The summed E-state index contributed by atoms with van der Waals surface area (Å²) >= 11 is 1.24. The molecule has 3 rings (SSSR count). The fourth-order valence-corrected chi connectivity index (χ4v) is 3.83. The van der Waals surface area contributed by atoms with Crippen LogP contribution in [-0.4, -0.2) is 83.9 Å². The van der Waals surface area contributed by atoms with E-state index in [1.54, 1.807) is 7.11 Å². The molecule has 2 aromatic rings. The highest BCUT2D eigenvalue weighted by molar-refractivity contribution is 7.99. The number of ether oxygens (including phenoxy) is 1. The number of rotatable bonds is 8. The van der Waals surface area contributed by atoms with Gasteiger partial charge >= 0.3 is 0 Å². The fraction of sp³-hybridized carbons (Fsp3) is 0.500. The van der Waals surface area contributed by atoms with Crippen molar-refractivity contribution in [2.24, 2.45) is 0 Å². The van der Waals surface area contributed by atoms with Gasteiger partial charge in [-0.2, -0.15) is 0 Å². The Kier molecular flexibility index (Phi) is 8.09. The fourth-order valence-electron chi connectivity index (χ4n) is 3.17. The summed E-state index contributed by atoms with van der Waals surface area (Å²) in [7, 11) is 1.61. The Bertz CT molecular complexity index is 842. The molecule has 0 bridgehead atoms. The normalized spacial score (nSPS) is 14.9. The van der Waals surface area contributed by atoms with Crippen LogP contribution >= 0.6 is 11.8 Å². The molecule has 1 aromatic carbocycles. The van der Waals surface area contributed by atoms with Crippen LogP contribution in [0.25, 0.3) is 11.5 Å². The van der Waals surface area contributed by atoms with Crippen LogP contribution in [0.15, 0.2) is 33.9 Å². The molecular weight excluding hydrogens is 406 g/mol. The second-order valence-electron chi connectivity index (χ2n) is 6.85. The molecule has 30 heavy (non-hydrogen) atoms. The van der Waals surface area contributed by atoms with Crippen molar-refractivity contribution in [1.29, 1.82) is 0 Å². The molecule has 0 unspecified atom stereocenters. The van der Waals surface area contributed by atoms with E-state index in [-0.39, 0.29) is 17.6 Å². The summed E-state index contributed by atoms with van der Waals surface area (Å²) < 4.78 is 10.8. The van der Waals surface area contributed by atoms with Crippen molar-refractivity contribution in [3.63, 3.8) is 0 Å². The van der Waals surface area contributed by atoms with Crippen LogP contribution in [0.4, 0.5) is 0 Å². The van der Waals surface area contributed by atoms with E-state index in [2.05, 4.69) is 20.4 Å². The Balaban J connectivity index is 1.47. The first kappa shape index (κ1) is 22.1. The maximum absolute atomic E-state index is 12.6. The number of aromatic nitrogens is 2. The molecule has 1 fully saturated rings. The standard InChI is InChI=1S/C20H27N5O4S/c1-3-21-17(26)13-24-9-4-10-25(12-11-24)18(27)14-30-20-23-22-19(29-20)15-5-7-16(28-2)8-6-15/h5-8H,3-4,9-14H2,1-2H3,(H,21,26). The SMILES string of the molecule is CCNC(=O)CN1CCCN(C(=O)CSc2nnc(-c3ccc(OC)cc3)o2)CC1. The largest absolute Gasteiger partial charge is 0.497 e. The summed E-state index contributed by atoms with van der Waals surface area (Å²) in [6.07, 6.45) is 0.845. The molecule has 1 aliphatic heterocycles. The summed E-state index contributed by atoms with van der Waals surface area (Å²) in [5, 5.41) is 11.3. The van der Waals surface area contributed by atoms with Gasteiger partial charge in [0.05, 0.1) is 19.4 Å². The molecule has 10 heteroatoms. The Morgan fingerprint density at radius 1 is 1.17 bits per heavy atom. The molecule has 9 nitrogen and oxygen atoms in total. The zero-order valence-electron chi connectivity index (χ0n) is 17.3. The average molecular weight is 434 g/mol. The quantitative estimate of drug-likeness (QED) is 0.625. The van der Waals surface area contributed by atoms with Gasteiger partial charge in [-0.25, -0.2) is 0 Å². The van der Waals surface area contributed by atoms with Gasteiger partial charge in [0.2, 0.25) is 17.7 Å². The van der Waals surface area contributed by atoms with Crippen molar-refractivity contribution in [1.82, 2.24) is 25.3 Å². The minimum absolute atomic E-state index is 0.0249. The number of nitrogens with zero attached hydrogens (tertiary/aromatic N) is 4. The van der Waals surface area contributed by atoms with Crippen molar-refractivity contribution in [3.8, 4) is 17.2 Å². The number of hydrogen-bond donors (Lipinski definition) is 1. The third kappa shape index (κ3) is 6.20. The van der Waals surface area contributed by atoms with Crippen LogP contribution in [-0.2, 0) is 9.59 Å². The number of thioether (sulfide) groups is 1. The maximum Gasteiger partial charge on any atom is 0.277 e. The molecule has 2 amide bonds. The van der Waals surface area contributed by atoms with Crippen LogP contribution in [0.3, 0.4) is 0 Å². The minimum Gasteiger partial charge on any atom is -0.497 e. The molecular formula is C20H27N5O4S. The highest BCUT2D eigenvalue weighted by atomic mass is 32.2. The Hall–Kier alpha value is -2.59. The number of methoxy groups -OCH3 is 1. The number of carbonyl (C=O) groups excluding carboxylic acids is 2. The van der Waals surface area contributed by atoms with Crippen LogP contribution in [0.1, 0.15) is 13.3 Å². The molecule has 0 aliphatic carbocycles. The van der Waals surface area contributed by atoms with E-state index in [0.717, 1.165) is 24.3 Å². The summed E-state index contributed by atoms with van der Waals surface area (Å²) in [6, 6.07) is 7.33. The van der Waals surface area contributed by atoms with Gasteiger partial charge in [0.25, 0.3) is 5.22 Å². The number of amides is 2. The maximum atomic E-state index is 12.6. The first-order valence-corrected chi connectivity index (χ1v) is 10.9. The summed E-state index contributed by atoms with van der Waals surface area (Å²) in [5.74, 6) is 1.45. The predicted molar refractivity (Wildman–Crippen MR) is 113 cm³/mol. The molecule has 162 valence electrons. The highest BCUT2D eigenvalue weighted by Crippen LogP contribution is 2.25. The smallest absolute Gasteiger partial charge is 0.277 e. The molecule has 1 aliphatic rings. The van der Waals surface area contributed by atoms with Gasteiger partial charge in [-0.3, -0.25) is 14.5 Å². The van der Waals surface area contributed by atoms with Crippen molar-refractivity contribution >= 4 is 23.6 Å². The lowest BCUT2D eigenvalue weighted by molar-refractivity contribution is -0.128. The molecule has 0 saturated carbocycles. The number of likely N-dealkylation sites (N-methyl/N-ethyl adjacent to an activating group) is 1. The molecule has 2 heterocycles. The van der Waals surface area contributed by atoms with E-state index < -0.39 is 0 Å². The highest BCUT2D eigenvalue weighted by Gasteiger charge is 2.21. The van der Waals surface area contributed by atoms with Gasteiger partial charge in [-0.15, -0.1) is 10.2 Å². The van der Waals surface area contributed by atoms with Crippen molar-refractivity contribution in [3.05, 3.63) is 24.3 Å². The number of nitrogens with one attached hydrogen (secondary N) is 1. The van der Waals surface area contributed by atoms with Gasteiger partial charge in [-0.1, -0.05) is 11.8 Å². The lowest BCUT2D eigenvalue weighted by Crippen LogP contribution is -2.40. The lowest BCUT2D eigenvalue weighted by Gasteiger charge is -2.21. The van der Waals surface area contributed by atoms with Crippen molar-refractivity contribution < 1.29 is 18.7 Å². The summed E-state index contributed by atoms with van der Waals surface area (Å²) in [5.41, 5.74) is 0.793. The van der Waals surface area contributed by atoms with Gasteiger partial charge in [0.1, 0.15) is 5.75 Å². The van der Waals surface area contributed by atoms with Crippen LogP contribution < -0.4 is 10.1 Å². The third-order valence-corrected chi connectivity index (χ3v) is 5.55. The van der Waals surface area contributed by atoms with E-state index in [0.29, 0.717) is 43.8 Å². The Morgan fingerprint density at radius 3 is 2.70 bits per heavy atom. The number of hydrogen-bond acceptors (Lipinski definition) is 8. The van der Waals surface area contributed by atoms with Crippen LogP contribution in [0.2, 0.25) is 0 Å². The second kappa shape index (κ2) is 11.0. The van der Waals surface area contributed by atoms with Gasteiger partial charge < -0.3 is 19.4 Å². The average Bonchev–Trinajstić information content (AvgIpc) is 3.11. The topological polar surface area (TPSA) is 101 Å². The zero-order chi connectivity index (χ0) is 21.3. The third-order valence-electron chi connectivity index (χ3n) is 4.74. The number of benzene rings is 1. The van der Waals surface area contributed by atoms with E-state index in [1.807, 2.05) is 36.1 Å². The van der Waals surface area contributed by atoms with Crippen molar-refractivity contribution in [2.45, 2.75) is 18.6 Å². The monoisotopic (exact) mass is 433 g/mol. The zero-order valence-corrected chi connectivity index (χ0v) is 18.1. The Labute approximate surface area is 180 Å². The van der Waals surface area contributed by atoms with Gasteiger partial charge in [-0.05, 0) is 37.6 Å². The van der Waals surface area contributed by atoms with E-state index in [9.17, 15) is 9.59 Å². The first-order valence-electron chi connectivity index (χ1n) is 9.96. The summed E-state index contributed by atoms with van der Waals surface area (Å²) in [4.78, 5) is 28.3. The van der Waals surface area contributed by atoms with E-state index in [1.165, 1.54) is 11.8 Å². The van der Waals surface area contributed by atoms with E-state index >= 15 is 0 Å². The minimum atomic E-state index is 0.0249. The molecule has 0 spiro atoms. The van der Waals surface area contributed by atoms with Crippen molar-refractivity contribution in [2.75, 3.05) is 52.1 Å². The summed E-state index contributed by atoms with van der Waals surface area (Å²) in [6.45, 7) is 5.71. The lowest BCUT2D eigenvalue weighted by atomic mass is 10.2. The van der Waals surface area contributed by atoms with Crippen LogP contribution in [0, 0.1) is 0 Å². The number of carbonyl (C=O) groups is 2. The van der Waals surface area contributed by atoms with Gasteiger partial charge in [0, 0.05) is 38.3 Å². The first-order chi connectivity index (χ1) is 14.6. The molecule has 0 radical (unpaired) electrons. The van der Waals surface area contributed by atoms with Gasteiger partial charge in [0.15, 0.2) is 0 Å². The molecule has 1 saturated heterocycles. The Morgan fingerprint density at radius 2 is 1.97 bits per heavy atom.